The Hall–Kier alpha value is -6.76. The van der Waals surface area contributed by atoms with Gasteiger partial charge in [0.1, 0.15) is 0 Å². The highest BCUT2D eigenvalue weighted by atomic mass is 14.3. The van der Waals surface area contributed by atoms with E-state index in [2.05, 4.69) is 133 Å². The molecule has 10 rings (SSSR count). The highest BCUT2D eigenvalue weighted by Crippen LogP contribution is 2.50. The van der Waals surface area contributed by atoms with Crippen LogP contribution in [-0.4, -0.2) is 0 Å². The molecule has 0 saturated heterocycles. The molecule has 0 fully saturated rings. The third-order valence-electron chi connectivity index (χ3n) is 10.4. The molecule has 0 heteroatoms. The highest BCUT2D eigenvalue weighted by Gasteiger charge is 2.23. The maximum Gasteiger partial charge on any atom is 0.0629 e. The molecule has 0 bridgehead atoms. The monoisotopic (exact) mass is 662 g/mol. The standard InChI is InChI=1S/C52H34/c1-3-17-36(18-4-1)39-28-14-29-40(37-19-5-2-6-20-37)51(39)52-48-26-11-9-24-46(48)50(47-25-10-12-27-49(47)52)45-34-16-32-43-42(31-15-33-44(43)45)41-30-13-22-35-21-7-8-23-38(35)41/h1-34H/i9D,11D,24D,26D. The zero-order valence-electron chi connectivity index (χ0n) is 32.3. The summed E-state index contributed by atoms with van der Waals surface area (Å²) in [5.41, 5.74) is 9.72. The maximum atomic E-state index is 9.70. The van der Waals surface area contributed by atoms with Crippen LogP contribution in [0.3, 0.4) is 0 Å². The first kappa shape index (κ1) is 26.1. The molecule has 0 heterocycles. The second kappa shape index (κ2) is 12.5. The molecule has 0 aromatic heterocycles. The smallest absolute Gasteiger partial charge is 0.0622 e. The summed E-state index contributed by atoms with van der Waals surface area (Å²) in [7, 11) is 0. The highest BCUT2D eigenvalue weighted by molar-refractivity contribution is 6.26. The van der Waals surface area contributed by atoms with Gasteiger partial charge in [0.05, 0.1) is 5.48 Å². The van der Waals surface area contributed by atoms with Crippen molar-refractivity contribution in [2.24, 2.45) is 0 Å². The third kappa shape index (κ3) is 4.84. The van der Waals surface area contributed by atoms with Crippen LogP contribution in [-0.2, 0) is 0 Å². The normalized spacial score (nSPS) is 12.5. The van der Waals surface area contributed by atoms with Crippen molar-refractivity contribution in [1.29, 1.82) is 0 Å². The molecule has 0 radical (unpaired) electrons. The Labute approximate surface area is 309 Å². The fourth-order valence-electron chi connectivity index (χ4n) is 8.18. The molecule has 0 nitrogen and oxygen atoms in total. The van der Waals surface area contributed by atoms with Gasteiger partial charge < -0.3 is 0 Å². The molecule has 0 aliphatic heterocycles. The van der Waals surface area contributed by atoms with Gasteiger partial charge in [0.2, 0.25) is 0 Å². The first-order valence-electron chi connectivity index (χ1n) is 19.7. The van der Waals surface area contributed by atoms with E-state index in [1.54, 1.807) is 0 Å². The van der Waals surface area contributed by atoms with Gasteiger partial charge in [0, 0.05) is 0 Å². The molecule has 0 saturated carbocycles. The van der Waals surface area contributed by atoms with Crippen LogP contribution in [0, 0.1) is 0 Å². The fraction of sp³-hybridized carbons (Fsp3) is 0. The number of benzene rings is 10. The number of hydrogen-bond acceptors (Lipinski definition) is 0. The van der Waals surface area contributed by atoms with Gasteiger partial charge in [-0.25, -0.2) is 0 Å². The Bertz CT molecular complexity index is 3110. The Morgan fingerprint density at radius 3 is 1.31 bits per heavy atom. The molecule has 0 N–H and O–H groups in total. The number of hydrogen-bond donors (Lipinski definition) is 0. The SMILES string of the molecule is [2H]c1c([2H])c([2H])c2c(-c3cccc4c(-c5cccc6ccccc56)cccc34)c3ccccc3c(-c3c(-c4ccccc4)cccc3-c3ccccc3)c2c1[2H]. The topological polar surface area (TPSA) is 0 Å². The molecule has 0 unspecified atom stereocenters. The van der Waals surface area contributed by atoms with E-state index in [0.717, 1.165) is 77.2 Å². The Morgan fingerprint density at radius 2 is 0.654 bits per heavy atom. The molecule has 242 valence electrons. The lowest BCUT2D eigenvalue weighted by atomic mass is 9.80. The van der Waals surface area contributed by atoms with Crippen LogP contribution in [0.1, 0.15) is 5.48 Å². The summed E-state index contributed by atoms with van der Waals surface area (Å²) in [5, 5.41) is 7.29. The van der Waals surface area contributed by atoms with Gasteiger partial charge in [-0.1, -0.05) is 206 Å². The van der Waals surface area contributed by atoms with Crippen molar-refractivity contribution in [3.8, 4) is 55.6 Å². The summed E-state index contributed by atoms with van der Waals surface area (Å²) in [4.78, 5) is 0. The Balaban J connectivity index is 1.39. The summed E-state index contributed by atoms with van der Waals surface area (Å²) in [6, 6.07) is 62.2. The second-order valence-corrected chi connectivity index (χ2v) is 13.2. The van der Waals surface area contributed by atoms with E-state index in [-0.39, 0.29) is 24.2 Å². The lowest BCUT2D eigenvalue weighted by Crippen LogP contribution is -1.95. The fourth-order valence-corrected chi connectivity index (χ4v) is 8.18. The van der Waals surface area contributed by atoms with Crippen LogP contribution in [0.2, 0.25) is 0 Å². The van der Waals surface area contributed by atoms with Gasteiger partial charge in [-0.15, -0.1) is 0 Å². The summed E-state index contributed by atoms with van der Waals surface area (Å²) in [5.74, 6) is 0. The van der Waals surface area contributed by atoms with Crippen LogP contribution in [0.15, 0.2) is 206 Å². The van der Waals surface area contributed by atoms with Gasteiger partial charge in [-0.3, -0.25) is 0 Å². The molecule has 10 aromatic rings. The predicted molar refractivity (Wildman–Crippen MR) is 224 cm³/mol. The molecule has 10 aromatic carbocycles. The third-order valence-corrected chi connectivity index (χ3v) is 10.4. The van der Waals surface area contributed by atoms with E-state index in [4.69, 9.17) is 2.74 Å². The van der Waals surface area contributed by atoms with Crippen LogP contribution < -0.4 is 0 Å². The predicted octanol–water partition coefficient (Wildman–Crippen LogP) is 14.6. The molecule has 0 amide bonds. The minimum Gasteiger partial charge on any atom is -0.0622 e. The minimum atomic E-state index is -0.250. The average molecular weight is 663 g/mol. The van der Waals surface area contributed by atoms with Crippen LogP contribution >= 0.6 is 0 Å². The van der Waals surface area contributed by atoms with Crippen LogP contribution in [0.25, 0.3) is 98.7 Å². The van der Waals surface area contributed by atoms with Crippen molar-refractivity contribution in [2.75, 3.05) is 0 Å². The Kier molecular flexibility index (Phi) is 6.29. The summed E-state index contributed by atoms with van der Waals surface area (Å²) in [6.07, 6.45) is 0. The second-order valence-electron chi connectivity index (χ2n) is 13.2. The van der Waals surface area contributed by atoms with Gasteiger partial charge >= 0.3 is 0 Å². The van der Waals surface area contributed by atoms with E-state index >= 15 is 0 Å². The van der Waals surface area contributed by atoms with Gasteiger partial charge in [0.15, 0.2) is 0 Å². The summed E-state index contributed by atoms with van der Waals surface area (Å²) in [6.45, 7) is 0. The first-order chi connectivity index (χ1) is 27.5. The van der Waals surface area contributed by atoms with E-state index in [1.807, 2.05) is 48.5 Å². The molecular weight excluding hydrogens is 625 g/mol. The van der Waals surface area contributed by atoms with E-state index in [0.29, 0.717) is 10.8 Å². The van der Waals surface area contributed by atoms with Crippen molar-refractivity contribution in [1.82, 2.24) is 0 Å². The van der Waals surface area contributed by atoms with Crippen molar-refractivity contribution in [3.05, 3.63) is 206 Å². The molecule has 0 aliphatic rings. The van der Waals surface area contributed by atoms with Crippen molar-refractivity contribution in [2.45, 2.75) is 0 Å². The molecule has 0 spiro atoms. The van der Waals surface area contributed by atoms with Gasteiger partial charge in [-0.05, 0) is 98.7 Å². The summed E-state index contributed by atoms with van der Waals surface area (Å²) < 4.78 is 37.5. The van der Waals surface area contributed by atoms with Crippen LogP contribution in [0.4, 0.5) is 0 Å². The zero-order valence-corrected chi connectivity index (χ0v) is 28.3. The first-order valence-corrected chi connectivity index (χ1v) is 17.7. The van der Waals surface area contributed by atoms with E-state index < -0.39 is 0 Å². The van der Waals surface area contributed by atoms with Crippen molar-refractivity contribution < 1.29 is 5.48 Å². The summed E-state index contributed by atoms with van der Waals surface area (Å²) >= 11 is 0. The van der Waals surface area contributed by atoms with Gasteiger partial charge in [-0.2, -0.15) is 0 Å². The molecule has 52 heavy (non-hydrogen) atoms. The number of fused-ring (bicyclic) bond motifs is 4. The number of rotatable bonds is 5. The van der Waals surface area contributed by atoms with Gasteiger partial charge in [0.25, 0.3) is 0 Å². The van der Waals surface area contributed by atoms with E-state index in [1.165, 1.54) is 10.8 Å². The lowest BCUT2D eigenvalue weighted by Gasteiger charge is -2.23. The van der Waals surface area contributed by atoms with Crippen LogP contribution in [0.5, 0.6) is 0 Å². The molecule has 0 aliphatic carbocycles. The van der Waals surface area contributed by atoms with Crippen molar-refractivity contribution in [3.63, 3.8) is 0 Å². The quantitative estimate of drug-likeness (QED) is 0.161. The molecular formula is C52H34. The maximum absolute atomic E-state index is 9.70. The van der Waals surface area contributed by atoms with Crippen molar-refractivity contribution >= 4 is 43.1 Å². The Morgan fingerprint density at radius 1 is 0.250 bits per heavy atom. The average Bonchev–Trinajstić information content (AvgIpc) is 3.26. The zero-order chi connectivity index (χ0) is 37.9. The lowest BCUT2D eigenvalue weighted by molar-refractivity contribution is 1.58. The minimum absolute atomic E-state index is 0.0522. The van der Waals surface area contributed by atoms with E-state index in [9.17, 15) is 2.74 Å². The largest absolute Gasteiger partial charge is 0.0629 e. The molecule has 0 atom stereocenters.